The van der Waals surface area contributed by atoms with Crippen LogP contribution in [0.25, 0.3) is 21.5 Å². The Bertz CT molecular complexity index is 855. The van der Waals surface area contributed by atoms with Crippen molar-refractivity contribution in [1.82, 2.24) is 0 Å². The zero-order valence-corrected chi connectivity index (χ0v) is 22.7. The summed E-state index contributed by atoms with van der Waals surface area (Å²) in [7, 11) is 8.31. The number of hydrogen-bond acceptors (Lipinski definition) is 2. The fourth-order valence-corrected chi connectivity index (χ4v) is 2.89. The van der Waals surface area contributed by atoms with E-state index in [2.05, 4.69) is 92.6 Å². The maximum absolute atomic E-state index is 2.99. The number of halogens is 2. The topological polar surface area (TPSA) is 6.48 Å². The molecule has 4 rings (SSSR count). The zero-order valence-electron chi connectivity index (χ0n) is 18.7. The summed E-state index contributed by atoms with van der Waals surface area (Å²) in [5.74, 6) is 0. The van der Waals surface area contributed by atoms with Gasteiger partial charge in [0.15, 0.2) is 0 Å². The summed E-state index contributed by atoms with van der Waals surface area (Å²) in [6, 6.07) is 15.6. The number of rotatable bonds is 2. The Hall–Kier alpha value is -1.15. The summed E-state index contributed by atoms with van der Waals surface area (Å²) in [5.41, 5.74) is 2.49. The van der Waals surface area contributed by atoms with Crippen molar-refractivity contribution in [3.63, 3.8) is 0 Å². The average Bonchev–Trinajstić information content (AvgIpc) is 3.32. The van der Waals surface area contributed by atoms with Gasteiger partial charge in [0.25, 0.3) is 0 Å². The first kappa shape index (κ1) is 31.0. The van der Waals surface area contributed by atoms with E-state index in [4.69, 9.17) is 0 Å². The molecule has 0 heterocycles. The van der Waals surface area contributed by atoms with Crippen molar-refractivity contribution in [1.29, 1.82) is 0 Å². The summed E-state index contributed by atoms with van der Waals surface area (Å²) in [6.45, 7) is 4.00. The molecule has 0 fully saturated rings. The van der Waals surface area contributed by atoms with E-state index in [1.807, 2.05) is 32.4 Å². The molecule has 0 radical (unpaired) electrons. The Labute approximate surface area is 214 Å². The van der Waals surface area contributed by atoms with E-state index >= 15 is 0 Å². The second-order valence-corrected chi connectivity index (χ2v) is 7.06. The molecule has 1 aliphatic rings. The van der Waals surface area contributed by atoms with Crippen LogP contribution in [0.1, 0.15) is 20.3 Å². The third-order valence-corrected chi connectivity index (χ3v) is 4.29. The molecule has 0 aliphatic heterocycles. The third-order valence-electron chi connectivity index (χ3n) is 4.29. The molecule has 0 unspecified atom stereocenters. The summed E-state index contributed by atoms with van der Waals surface area (Å²) in [6.07, 6.45) is 12.0. The summed E-state index contributed by atoms with van der Waals surface area (Å²) in [5, 5.41) is 5.31. The Kier molecular flexibility index (Phi) is 16.2. The molecule has 0 bridgehead atoms. The van der Waals surface area contributed by atoms with Gasteiger partial charge in [-0.3, -0.25) is 6.08 Å². The maximum atomic E-state index is 2.99. The zero-order chi connectivity index (χ0) is 19.8. The van der Waals surface area contributed by atoms with Gasteiger partial charge in [-0.25, -0.2) is 12.2 Å². The summed E-state index contributed by atoms with van der Waals surface area (Å²) in [4.78, 5) is 4.28. The van der Waals surface area contributed by atoms with E-state index < -0.39 is 0 Å². The number of fused-ring (bicyclic) bond motifs is 3. The Morgan fingerprint density at radius 2 is 1.27 bits per heavy atom. The van der Waals surface area contributed by atoms with E-state index in [1.54, 1.807) is 0 Å². The van der Waals surface area contributed by atoms with Gasteiger partial charge < -0.3 is 41.0 Å². The van der Waals surface area contributed by atoms with Gasteiger partial charge in [-0.1, -0.05) is 36.4 Å². The molecule has 3 aromatic carbocycles. The average molecular weight is 522 g/mol. The van der Waals surface area contributed by atoms with Crippen molar-refractivity contribution in [3.05, 3.63) is 73.2 Å². The van der Waals surface area contributed by atoms with Crippen LogP contribution in [-0.4, -0.2) is 28.2 Å². The van der Waals surface area contributed by atoms with Crippen LogP contribution in [0.5, 0.6) is 0 Å². The van der Waals surface area contributed by atoms with Crippen LogP contribution in [0.3, 0.4) is 0 Å². The Balaban J connectivity index is 0. The van der Waals surface area contributed by atoms with Crippen LogP contribution in [0.4, 0.5) is 11.4 Å². The van der Waals surface area contributed by atoms with Crippen LogP contribution < -0.4 is 34.6 Å². The number of anilines is 2. The van der Waals surface area contributed by atoms with Crippen LogP contribution in [0, 0.1) is 12.5 Å². The Morgan fingerprint density at radius 1 is 0.833 bits per heavy atom. The molecular weight excluding hydrogens is 490 g/mol. The smallest absolute Gasteiger partial charge is 1.00 e. The third kappa shape index (κ3) is 8.54. The monoisotopic (exact) mass is 519 g/mol. The van der Waals surface area contributed by atoms with E-state index in [1.165, 1.54) is 32.9 Å². The van der Waals surface area contributed by atoms with Gasteiger partial charge in [0, 0.05) is 39.6 Å². The van der Waals surface area contributed by atoms with E-state index in [9.17, 15) is 0 Å². The first-order valence-corrected chi connectivity index (χ1v) is 9.41. The SMILES string of the molecule is CN(C)c1ccc2c(c1)[cH-]c1cc(N(C)C)ccc12.C[CH-]C.[C-]1=CC=CC1.[Cl-].[Cl-].[Zr+2]. The fraction of sp³-hybridized carbons (Fsp3) is 0.280. The minimum atomic E-state index is 0. The fourth-order valence-electron chi connectivity index (χ4n) is 2.89. The van der Waals surface area contributed by atoms with Crippen molar-refractivity contribution in [2.75, 3.05) is 38.0 Å². The minimum Gasteiger partial charge on any atom is -1.00 e. The number of nitrogens with zero attached hydrogens (tertiary/aromatic N) is 2. The molecule has 0 atom stereocenters. The van der Waals surface area contributed by atoms with Crippen LogP contribution in [0.15, 0.2) is 60.7 Å². The second kappa shape index (κ2) is 15.6. The van der Waals surface area contributed by atoms with Gasteiger partial charge >= 0.3 is 26.2 Å². The van der Waals surface area contributed by atoms with Gasteiger partial charge in [-0.15, -0.1) is 34.0 Å². The quantitative estimate of drug-likeness (QED) is 0.451. The predicted octanol–water partition coefficient (Wildman–Crippen LogP) is 0.386. The molecule has 0 amide bonds. The van der Waals surface area contributed by atoms with E-state index in [0.29, 0.717) is 0 Å². The Morgan fingerprint density at radius 3 is 1.53 bits per heavy atom. The molecule has 3 aromatic rings. The molecule has 0 aromatic heterocycles. The molecule has 1 aliphatic carbocycles. The van der Waals surface area contributed by atoms with Gasteiger partial charge in [0.2, 0.25) is 0 Å². The maximum Gasteiger partial charge on any atom is 2.00 e. The minimum absolute atomic E-state index is 0. The van der Waals surface area contributed by atoms with Gasteiger partial charge in [-0.05, 0) is 0 Å². The predicted molar refractivity (Wildman–Crippen MR) is 123 cm³/mol. The van der Waals surface area contributed by atoms with Crippen molar-refractivity contribution in [2.24, 2.45) is 0 Å². The normalized spacial score (nSPS) is 10.6. The summed E-state index contributed by atoms with van der Waals surface area (Å²) < 4.78 is 0. The molecule has 0 saturated heterocycles. The molecule has 162 valence electrons. The number of benzene rings is 2. The molecule has 0 saturated carbocycles. The molecule has 30 heavy (non-hydrogen) atoms. The number of allylic oxidation sites excluding steroid dienone is 4. The molecule has 0 spiro atoms. The standard InChI is InChI=1S/C17H19N2.C5H5.C3H7.2ClH.Zr/c1-18(2)14-5-7-16-12(10-14)9-13-11-15(19(3)4)6-8-17(13)16;1-2-4-5-3-1;1-3-2;;;/h5-11H,1-4H3;1-3H,4H2;3H,1-2H3;2*1H;/q3*-1;;;+2/p-2. The van der Waals surface area contributed by atoms with Crippen molar-refractivity contribution in [3.8, 4) is 0 Å². The largest absolute Gasteiger partial charge is 2.00 e. The second-order valence-electron chi connectivity index (χ2n) is 7.06. The number of hydrogen-bond donors (Lipinski definition) is 0. The van der Waals surface area contributed by atoms with Crippen molar-refractivity contribution in [2.45, 2.75) is 20.3 Å². The van der Waals surface area contributed by atoms with Crippen LogP contribution in [-0.2, 0) is 26.2 Å². The summed E-state index contributed by atoms with van der Waals surface area (Å²) >= 11 is 0. The molecule has 5 heteroatoms. The first-order chi connectivity index (χ1) is 13.0. The molecular formula is C25H31Cl2N2Zr-3. The van der Waals surface area contributed by atoms with Crippen molar-refractivity contribution < 1.29 is 51.0 Å². The van der Waals surface area contributed by atoms with Gasteiger partial charge in [0.05, 0.1) is 0 Å². The van der Waals surface area contributed by atoms with E-state index in [-0.39, 0.29) is 51.0 Å². The molecule has 2 nitrogen and oxygen atoms in total. The van der Waals surface area contributed by atoms with Gasteiger partial charge in [0.1, 0.15) is 0 Å². The van der Waals surface area contributed by atoms with Crippen LogP contribution >= 0.6 is 0 Å². The molecule has 0 N–H and O–H groups in total. The van der Waals surface area contributed by atoms with E-state index in [0.717, 1.165) is 6.42 Å². The first-order valence-electron chi connectivity index (χ1n) is 9.41. The van der Waals surface area contributed by atoms with Crippen molar-refractivity contribution >= 4 is 32.9 Å². The van der Waals surface area contributed by atoms with Gasteiger partial charge in [-0.2, -0.15) is 19.9 Å². The van der Waals surface area contributed by atoms with Crippen LogP contribution in [0.2, 0.25) is 0 Å².